The van der Waals surface area contributed by atoms with Gasteiger partial charge in [-0.15, -0.1) is 0 Å². The molecule has 0 spiro atoms. The zero-order valence-electron chi connectivity index (χ0n) is 13.7. The van der Waals surface area contributed by atoms with Crippen LogP contribution in [0.2, 0.25) is 0 Å². The van der Waals surface area contributed by atoms with Gasteiger partial charge in [-0.05, 0) is 31.7 Å². The average Bonchev–Trinajstić information content (AvgIpc) is 2.82. The Balaban J connectivity index is 1.98. The Hall–Kier alpha value is -1.73. The van der Waals surface area contributed by atoms with Gasteiger partial charge >= 0.3 is 0 Å². The third kappa shape index (κ3) is 4.17. The fourth-order valence-corrected chi connectivity index (χ4v) is 3.20. The fraction of sp³-hybridized carbons (Fsp3) is 0.500. The number of rotatable bonds is 6. The van der Waals surface area contributed by atoms with Crippen LogP contribution in [0.15, 0.2) is 29.2 Å². The molecule has 2 rings (SSSR count). The monoisotopic (exact) mass is 338 g/mol. The number of likely N-dealkylation sites (N-methyl/N-ethyl adjacent to an activating group) is 1. The van der Waals surface area contributed by atoms with Crippen LogP contribution in [0, 0.1) is 0 Å². The van der Waals surface area contributed by atoms with Gasteiger partial charge in [0.05, 0.1) is 4.90 Å². The van der Waals surface area contributed by atoms with E-state index in [1.807, 2.05) is 18.9 Å². The van der Waals surface area contributed by atoms with Crippen molar-refractivity contribution in [2.24, 2.45) is 0 Å². The lowest BCUT2D eigenvalue weighted by molar-refractivity contribution is -0.138. The molecule has 1 aromatic rings. The first-order chi connectivity index (χ1) is 10.7. The van der Waals surface area contributed by atoms with Crippen LogP contribution in [0.25, 0.3) is 0 Å². The van der Waals surface area contributed by atoms with Crippen LogP contribution >= 0.6 is 0 Å². The second-order valence-electron chi connectivity index (χ2n) is 5.94. The molecule has 1 aromatic carbocycles. The van der Waals surface area contributed by atoms with Crippen LogP contribution < -0.4 is 0 Å². The number of carbonyl (C=O) groups excluding carboxylic acids is 2. The van der Waals surface area contributed by atoms with Gasteiger partial charge in [0.2, 0.25) is 11.8 Å². The van der Waals surface area contributed by atoms with Crippen LogP contribution in [0.5, 0.6) is 0 Å². The Kier molecular flexibility index (Phi) is 5.21. The molecule has 23 heavy (non-hydrogen) atoms. The number of hydrogen-bond donors (Lipinski definition) is 0. The molecular formula is C16H22N2O4S. The Morgan fingerprint density at radius 3 is 2.13 bits per heavy atom. The van der Waals surface area contributed by atoms with Crippen molar-refractivity contribution >= 4 is 21.7 Å². The highest BCUT2D eigenvalue weighted by Gasteiger charge is 2.28. The van der Waals surface area contributed by atoms with Crippen molar-refractivity contribution in [2.45, 2.75) is 30.7 Å². The van der Waals surface area contributed by atoms with Crippen molar-refractivity contribution in [1.29, 1.82) is 0 Å². The molecule has 1 aliphatic heterocycles. The number of likely N-dealkylation sites (tertiary alicyclic amines) is 1. The summed E-state index contributed by atoms with van der Waals surface area (Å²) in [6.45, 7) is 2.97. The molecule has 7 heteroatoms. The highest BCUT2D eigenvalue weighted by Crippen LogP contribution is 2.21. The molecule has 1 fully saturated rings. The van der Waals surface area contributed by atoms with E-state index in [0.29, 0.717) is 30.8 Å². The molecule has 0 radical (unpaired) electrons. The summed E-state index contributed by atoms with van der Waals surface area (Å²) in [5, 5.41) is 0. The smallest absolute Gasteiger partial charge is 0.229 e. The largest absolute Gasteiger partial charge is 0.298 e. The Bertz CT molecular complexity index is 681. The number of hydrogen-bond acceptors (Lipinski definition) is 5. The molecule has 0 aliphatic carbocycles. The fourth-order valence-electron chi connectivity index (χ4n) is 2.57. The third-order valence-corrected chi connectivity index (χ3v) is 5.41. The molecule has 0 saturated carbocycles. The minimum Gasteiger partial charge on any atom is -0.298 e. The Labute approximate surface area is 137 Å². The highest BCUT2D eigenvalue weighted by molar-refractivity contribution is 7.90. The molecule has 0 bridgehead atoms. The molecule has 6 nitrogen and oxygen atoms in total. The van der Waals surface area contributed by atoms with Crippen LogP contribution in [-0.4, -0.2) is 56.4 Å². The summed E-state index contributed by atoms with van der Waals surface area (Å²) in [6.07, 6.45) is 1.80. The molecule has 0 aromatic heterocycles. The summed E-state index contributed by atoms with van der Waals surface area (Å²) < 4.78 is 23.0. The van der Waals surface area contributed by atoms with Gasteiger partial charge in [0, 0.05) is 38.2 Å². The summed E-state index contributed by atoms with van der Waals surface area (Å²) in [5.74, 6) is -0.206. The molecule has 1 atom stereocenters. The maximum absolute atomic E-state index is 11.6. The molecule has 2 amide bonds. The first-order valence-electron chi connectivity index (χ1n) is 7.53. The van der Waals surface area contributed by atoms with Gasteiger partial charge in [0.1, 0.15) is 0 Å². The zero-order chi connectivity index (χ0) is 17.2. The molecule has 1 aliphatic rings. The van der Waals surface area contributed by atoms with E-state index >= 15 is 0 Å². The SMILES string of the molecule is C[C@H](c1ccc(S(C)(=O)=O)cc1)N(C)CCN1C(=O)CCC1=O. The topological polar surface area (TPSA) is 74.8 Å². The first kappa shape index (κ1) is 17.6. The zero-order valence-corrected chi connectivity index (χ0v) is 14.5. The average molecular weight is 338 g/mol. The van der Waals surface area contributed by atoms with Crippen LogP contribution in [-0.2, 0) is 19.4 Å². The standard InChI is InChI=1S/C16H22N2O4S/c1-12(13-4-6-14(7-5-13)23(3,21)22)17(2)10-11-18-15(19)8-9-16(18)20/h4-7,12H,8-11H2,1-3H3/t12-/m1/s1. The maximum Gasteiger partial charge on any atom is 0.229 e. The van der Waals surface area contributed by atoms with E-state index in [2.05, 4.69) is 0 Å². The lowest BCUT2D eigenvalue weighted by Gasteiger charge is -2.27. The molecule has 0 unspecified atom stereocenters. The van der Waals surface area contributed by atoms with E-state index in [1.165, 1.54) is 11.2 Å². The van der Waals surface area contributed by atoms with E-state index in [0.717, 1.165) is 5.56 Å². The van der Waals surface area contributed by atoms with E-state index in [-0.39, 0.29) is 17.9 Å². The van der Waals surface area contributed by atoms with Gasteiger partial charge in [-0.3, -0.25) is 19.4 Å². The van der Waals surface area contributed by atoms with Crippen molar-refractivity contribution in [1.82, 2.24) is 9.80 Å². The summed E-state index contributed by atoms with van der Waals surface area (Å²) in [4.78, 5) is 26.8. The number of carbonyl (C=O) groups is 2. The van der Waals surface area contributed by atoms with E-state index in [9.17, 15) is 18.0 Å². The minimum absolute atomic E-state index is 0.0522. The number of sulfone groups is 1. The summed E-state index contributed by atoms with van der Waals surface area (Å²) in [6, 6.07) is 6.84. The van der Waals surface area contributed by atoms with Crippen LogP contribution in [0.1, 0.15) is 31.4 Å². The van der Waals surface area contributed by atoms with Crippen LogP contribution in [0.3, 0.4) is 0 Å². The van der Waals surface area contributed by atoms with Gasteiger partial charge in [-0.1, -0.05) is 12.1 Å². The van der Waals surface area contributed by atoms with Crippen molar-refractivity contribution in [3.05, 3.63) is 29.8 Å². The van der Waals surface area contributed by atoms with Gasteiger partial charge < -0.3 is 0 Å². The van der Waals surface area contributed by atoms with E-state index in [4.69, 9.17) is 0 Å². The second kappa shape index (κ2) is 6.80. The number of imide groups is 1. The lowest BCUT2D eigenvalue weighted by atomic mass is 10.1. The Morgan fingerprint density at radius 1 is 1.13 bits per heavy atom. The molecule has 126 valence electrons. The number of nitrogens with zero attached hydrogens (tertiary/aromatic N) is 2. The highest BCUT2D eigenvalue weighted by atomic mass is 32.2. The van der Waals surface area contributed by atoms with Gasteiger partial charge in [0.15, 0.2) is 9.84 Å². The molecular weight excluding hydrogens is 316 g/mol. The van der Waals surface area contributed by atoms with E-state index < -0.39 is 9.84 Å². The Morgan fingerprint density at radius 2 is 1.65 bits per heavy atom. The van der Waals surface area contributed by atoms with E-state index in [1.54, 1.807) is 24.3 Å². The lowest BCUT2D eigenvalue weighted by Crippen LogP contribution is -2.37. The molecule has 1 heterocycles. The predicted molar refractivity (Wildman–Crippen MR) is 86.6 cm³/mol. The quantitative estimate of drug-likeness (QED) is 0.730. The van der Waals surface area contributed by atoms with Crippen molar-refractivity contribution < 1.29 is 18.0 Å². The summed E-state index contributed by atoms with van der Waals surface area (Å²) in [7, 11) is -1.28. The minimum atomic E-state index is -3.19. The summed E-state index contributed by atoms with van der Waals surface area (Å²) in [5.41, 5.74) is 0.985. The third-order valence-electron chi connectivity index (χ3n) is 4.28. The normalized spacial score (nSPS) is 17.1. The van der Waals surface area contributed by atoms with Gasteiger partial charge in [-0.25, -0.2) is 8.42 Å². The predicted octanol–water partition coefficient (Wildman–Crippen LogP) is 1.23. The van der Waals surface area contributed by atoms with Gasteiger partial charge in [0.25, 0.3) is 0 Å². The summed E-state index contributed by atoms with van der Waals surface area (Å²) >= 11 is 0. The molecule has 1 saturated heterocycles. The number of amides is 2. The number of benzene rings is 1. The molecule has 0 N–H and O–H groups in total. The van der Waals surface area contributed by atoms with Crippen molar-refractivity contribution in [3.63, 3.8) is 0 Å². The van der Waals surface area contributed by atoms with Gasteiger partial charge in [-0.2, -0.15) is 0 Å². The first-order valence-corrected chi connectivity index (χ1v) is 9.42. The van der Waals surface area contributed by atoms with Crippen molar-refractivity contribution in [3.8, 4) is 0 Å². The van der Waals surface area contributed by atoms with Crippen LogP contribution in [0.4, 0.5) is 0 Å². The maximum atomic E-state index is 11.6. The second-order valence-corrected chi connectivity index (χ2v) is 7.95. The van der Waals surface area contributed by atoms with Crippen molar-refractivity contribution in [2.75, 3.05) is 26.4 Å².